The quantitative estimate of drug-likeness (QED) is 0.571. The van der Waals surface area contributed by atoms with Crippen molar-refractivity contribution in [3.05, 3.63) is 11.8 Å². The van der Waals surface area contributed by atoms with Crippen LogP contribution in [0.15, 0.2) is 11.1 Å². The largest absolute Gasteiger partial charge is 0.401 e. The first-order valence-electron chi connectivity index (χ1n) is 7.19. The highest BCUT2D eigenvalue weighted by atomic mass is 19.4. The molecule has 4 N–H and O–H groups in total. The van der Waals surface area contributed by atoms with Crippen LogP contribution in [0, 0.1) is 12.3 Å². The molecular weight excluding hydrogens is 311 g/mol. The summed E-state index contributed by atoms with van der Waals surface area (Å²) in [6, 6.07) is 1.73. The minimum absolute atomic E-state index is 0.144. The summed E-state index contributed by atoms with van der Waals surface area (Å²) < 4.78 is 37.0. The Morgan fingerprint density at radius 2 is 2.04 bits per heavy atom. The van der Waals surface area contributed by atoms with Crippen molar-refractivity contribution in [1.29, 1.82) is 5.41 Å². The van der Waals surface area contributed by atoms with Crippen LogP contribution in [0.25, 0.3) is 0 Å². The van der Waals surface area contributed by atoms with E-state index < -0.39 is 12.7 Å². The van der Waals surface area contributed by atoms with E-state index in [-0.39, 0.29) is 31.2 Å². The van der Waals surface area contributed by atoms with Crippen molar-refractivity contribution < 1.29 is 13.2 Å². The standard InChI is InChI=1S/C13H20F3N7/c1-9-6-12(21-20-9)19-10(17)7-11(18)23-4-2-22(3-5-23)8-13(14,15)16/h6,18H,2-5,7-8H2,1H3,(H3,17,19,20,21). The second-order valence-corrected chi connectivity index (χ2v) is 5.51. The zero-order valence-electron chi connectivity index (χ0n) is 12.8. The fourth-order valence-electron chi connectivity index (χ4n) is 2.36. The summed E-state index contributed by atoms with van der Waals surface area (Å²) in [4.78, 5) is 7.17. The minimum atomic E-state index is -4.19. The first kappa shape index (κ1) is 17.3. The van der Waals surface area contributed by atoms with Gasteiger partial charge in [-0.3, -0.25) is 15.4 Å². The van der Waals surface area contributed by atoms with Gasteiger partial charge in [0.2, 0.25) is 0 Å². The molecule has 10 heteroatoms. The van der Waals surface area contributed by atoms with Gasteiger partial charge < -0.3 is 10.6 Å². The van der Waals surface area contributed by atoms with Crippen LogP contribution in [-0.2, 0) is 0 Å². The summed E-state index contributed by atoms with van der Waals surface area (Å²) in [6.07, 6.45) is -4.04. The summed E-state index contributed by atoms with van der Waals surface area (Å²) in [6.45, 7) is 2.24. The van der Waals surface area contributed by atoms with E-state index >= 15 is 0 Å². The van der Waals surface area contributed by atoms with Crippen molar-refractivity contribution in [2.24, 2.45) is 10.7 Å². The van der Waals surface area contributed by atoms with E-state index in [4.69, 9.17) is 11.1 Å². The molecule has 128 valence electrons. The molecule has 1 aliphatic heterocycles. The SMILES string of the molecule is Cc1cc(N=C(N)CC(=N)N2CCN(CC(F)(F)F)CC2)n[nH]1. The van der Waals surface area contributed by atoms with Crippen LogP contribution < -0.4 is 5.73 Å². The molecule has 0 radical (unpaired) electrons. The molecule has 0 aromatic carbocycles. The smallest absolute Gasteiger partial charge is 0.387 e. The number of H-pyrrole nitrogens is 1. The van der Waals surface area contributed by atoms with Gasteiger partial charge in [-0.15, -0.1) is 0 Å². The van der Waals surface area contributed by atoms with Crippen LogP contribution in [0.5, 0.6) is 0 Å². The monoisotopic (exact) mass is 331 g/mol. The number of alkyl halides is 3. The Morgan fingerprint density at radius 1 is 1.39 bits per heavy atom. The lowest BCUT2D eigenvalue weighted by Gasteiger charge is -2.36. The minimum Gasteiger partial charge on any atom is -0.387 e. The highest BCUT2D eigenvalue weighted by Crippen LogP contribution is 2.17. The van der Waals surface area contributed by atoms with Gasteiger partial charge in [0, 0.05) is 37.9 Å². The molecule has 0 aliphatic carbocycles. The molecule has 1 aromatic rings. The fourth-order valence-corrected chi connectivity index (χ4v) is 2.36. The summed E-state index contributed by atoms with van der Waals surface area (Å²) >= 11 is 0. The second kappa shape index (κ2) is 6.99. The van der Waals surface area contributed by atoms with Crippen LogP contribution in [0.3, 0.4) is 0 Å². The molecule has 1 fully saturated rings. The Kier molecular flexibility index (Phi) is 5.24. The second-order valence-electron chi connectivity index (χ2n) is 5.51. The van der Waals surface area contributed by atoms with Gasteiger partial charge in [-0.1, -0.05) is 0 Å². The third kappa shape index (κ3) is 5.55. The van der Waals surface area contributed by atoms with Gasteiger partial charge in [0.05, 0.1) is 13.0 Å². The summed E-state index contributed by atoms with van der Waals surface area (Å²) in [5.41, 5.74) is 6.66. The van der Waals surface area contributed by atoms with E-state index in [1.165, 1.54) is 4.90 Å². The van der Waals surface area contributed by atoms with E-state index in [9.17, 15) is 13.2 Å². The van der Waals surface area contributed by atoms with Gasteiger partial charge in [0.1, 0.15) is 11.7 Å². The predicted molar refractivity (Wildman–Crippen MR) is 81.0 cm³/mol. The number of hydrogen-bond acceptors (Lipinski definition) is 4. The van der Waals surface area contributed by atoms with Crippen LogP contribution in [0.4, 0.5) is 19.0 Å². The molecule has 2 rings (SSSR count). The van der Waals surface area contributed by atoms with Gasteiger partial charge in [-0.2, -0.15) is 18.3 Å². The van der Waals surface area contributed by atoms with Gasteiger partial charge in [0.25, 0.3) is 0 Å². The lowest BCUT2D eigenvalue weighted by atomic mass is 10.2. The molecule has 0 atom stereocenters. The van der Waals surface area contributed by atoms with Crippen LogP contribution in [-0.4, -0.2) is 70.6 Å². The molecular formula is C13H20F3N7. The molecule has 2 heterocycles. The van der Waals surface area contributed by atoms with E-state index in [0.29, 0.717) is 18.9 Å². The Balaban J connectivity index is 1.82. The van der Waals surface area contributed by atoms with E-state index in [0.717, 1.165) is 5.69 Å². The van der Waals surface area contributed by atoms with Crippen molar-refractivity contribution in [3.8, 4) is 0 Å². The normalized spacial score (nSPS) is 17.6. The summed E-state index contributed by atoms with van der Waals surface area (Å²) in [5, 5.41) is 14.7. The Morgan fingerprint density at radius 3 is 2.57 bits per heavy atom. The first-order chi connectivity index (χ1) is 10.7. The van der Waals surface area contributed by atoms with Gasteiger partial charge in [0.15, 0.2) is 5.82 Å². The Labute approximate surface area is 131 Å². The number of aliphatic imine (C=N–C) groups is 1. The molecule has 7 nitrogen and oxygen atoms in total. The molecule has 23 heavy (non-hydrogen) atoms. The maximum Gasteiger partial charge on any atom is 0.401 e. The molecule has 1 aliphatic rings. The van der Waals surface area contributed by atoms with Crippen molar-refractivity contribution in [2.75, 3.05) is 32.7 Å². The van der Waals surface area contributed by atoms with Crippen LogP contribution in [0.1, 0.15) is 12.1 Å². The maximum absolute atomic E-state index is 12.3. The Hall–Kier alpha value is -2.10. The van der Waals surface area contributed by atoms with Gasteiger partial charge >= 0.3 is 6.18 Å². The Bertz CT molecular complexity index is 570. The molecule has 0 unspecified atom stereocenters. The van der Waals surface area contributed by atoms with Crippen molar-refractivity contribution in [1.82, 2.24) is 20.0 Å². The predicted octanol–water partition coefficient (Wildman–Crippen LogP) is 1.25. The van der Waals surface area contributed by atoms with Crippen LogP contribution >= 0.6 is 0 Å². The molecule has 0 bridgehead atoms. The molecule has 0 spiro atoms. The van der Waals surface area contributed by atoms with Crippen molar-refractivity contribution in [2.45, 2.75) is 19.5 Å². The average Bonchev–Trinajstić information content (AvgIpc) is 2.82. The number of aromatic nitrogens is 2. The molecule has 1 aromatic heterocycles. The maximum atomic E-state index is 12.3. The number of nitrogens with zero attached hydrogens (tertiary/aromatic N) is 4. The van der Waals surface area contributed by atoms with Gasteiger partial charge in [-0.05, 0) is 6.92 Å². The third-order valence-corrected chi connectivity index (χ3v) is 3.46. The zero-order chi connectivity index (χ0) is 17.0. The number of nitrogens with two attached hydrogens (primary N) is 1. The number of hydrogen-bond donors (Lipinski definition) is 3. The van der Waals surface area contributed by atoms with Gasteiger partial charge in [-0.25, -0.2) is 4.99 Å². The molecule has 1 saturated heterocycles. The number of halogens is 3. The van der Waals surface area contributed by atoms with E-state index in [1.807, 2.05) is 6.92 Å². The topological polar surface area (TPSA) is 97.4 Å². The van der Waals surface area contributed by atoms with E-state index in [1.54, 1.807) is 11.0 Å². The average molecular weight is 331 g/mol. The molecule has 0 amide bonds. The number of piperazine rings is 1. The lowest BCUT2D eigenvalue weighted by Crippen LogP contribution is -2.51. The first-order valence-corrected chi connectivity index (χ1v) is 7.19. The fraction of sp³-hybridized carbons (Fsp3) is 0.615. The van der Waals surface area contributed by atoms with E-state index in [2.05, 4.69) is 15.2 Å². The number of aromatic amines is 1. The summed E-state index contributed by atoms with van der Waals surface area (Å²) in [7, 11) is 0. The third-order valence-electron chi connectivity index (χ3n) is 3.46. The summed E-state index contributed by atoms with van der Waals surface area (Å²) in [5.74, 6) is 0.951. The number of rotatable bonds is 4. The highest BCUT2D eigenvalue weighted by Gasteiger charge is 2.32. The lowest BCUT2D eigenvalue weighted by molar-refractivity contribution is -0.148. The number of amidine groups is 2. The highest BCUT2D eigenvalue weighted by molar-refractivity contribution is 6.01. The van der Waals surface area contributed by atoms with Crippen molar-refractivity contribution in [3.63, 3.8) is 0 Å². The molecule has 0 saturated carbocycles. The van der Waals surface area contributed by atoms with Crippen LogP contribution in [0.2, 0.25) is 0 Å². The zero-order valence-corrected chi connectivity index (χ0v) is 12.8. The number of nitrogens with one attached hydrogen (secondary N) is 2. The number of aryl methyl sites for hydroxylation is 1. The van der Waals surface area contributed by atoms with Crippen molar-refractivity contribution >= 4 is 17.5 Å².